The molecule has 5 heteroatoms. The molecule has 2 aliphatic rings. The minimum absolute atomic E-state index is 0.0382. The van der Waals surface area contributed by atoms with Crippen LogP contribution in [-0.2, 0) is 5.54 Å². The van der Waals surface area contributed by atoms with Gasteiger partial charge in [0.05, 0.1) is 5.54 Å². The lowest BCUT2D eigenvalue weighted by Crippen LogP contribution is -2.52. The maximum atomic E-state index is 12.6. The Morgan fingerprint density at radius 3 is 2.30 bits per heavy atom. The fraction of sp³-hybridized carbons (Fsp3) is 0.364. The van der Waals surface area contributed by atoms with E-state index < -0.39 is 0 Å². The first-order valence-corrected chi connectivity index (χ1v) is 9.70. The molecule has 5 nitrogen and oxygen atoms in total. The van der Waals surface area contributed by atoms with E-state index in [1.54, 1.807) is 12.1 Å². The lowest BCUT2D eigenvalue weighted by atomic mass is 9.72. The molecule has 1 aliphatic heterocycles. The summed E-state index contributed by atoms with van der Waals surface area (Å²) < 4.78 is 0. The van der Waals surface area contributed by atoms with E-state index in [0.29, 0.717) is 11.3 Å². The average molecular weight is 363 g/mol. The third-order valence-electron chi connectivity index (χ3n) is 5.65. The van der Waals surface area contributed by atoms with Crippen molar-refractivity contribution < 1.29 is 9.59 Å². The molecule has 0 radical (unpaired) electrons. The van der Waals surface area contributed by atoms with Crippen LogP contribution in [0.3, 0.4) is 0 Å². The van der Waals surface area contributed by atoms with Crippen molar-refractivity contribution in [2.45, 2.75) is 37.6 Å². The van der Waals surface area contributed by atoms with Crippen LogP contribution in [-0.4, -0.2) is 29.9 Å². The predicted molar refractivity (Wildman–Crippen MR) is 106 cm³/mol. The standard InChI is InChI=1S/C22H25N3O2/c26-20(25-14-4-5-15-25)17-8-6-11-19(16-17)23-21(27)24-22(12-7-13-22)18-9-2-1-3-10-18/h1-3,6,8-11,16H,4-5,7,12-15H2,(H2,23,24,27). The van der Waals surface area contributed by atoms with E-state index in [0.717, 1.165) is 50.8 Å². The summed E-state index contributed by atoms with van der Waals surface area (Å²) in [6.07, 6.45) is 5.12. The molecule has 4 rings (SSSR count). The Labute approximate surface area is 159 Å². The lowest BCUT2D eigenvalue weighted by molar-refractivity contribution is 0.0793. The van der Waals surface area contributed by atoms with Crippen LogP contribution >= 0.6 is 0 Å². The number of nitrogens with one attached hydrogen (secondary N) is 2. The Morgan fingerprint density at radius 1 is 0.889 bits per heavy atom. The Morgan fingerprint density at radius 2 is 1.63 bits per heavy atom. The first-order chi connectivity index (χ1) is 13.2. The maximum Gasteiger partial charge on any atom is 0.319 e. The molecule has 27 heavy (non-hydrogen) atoms. The van der Waals surface area contributed by atoms with E-state index in [1.165, 1.54) is 0 Å². The van der Waals surface area contributed by atoms with E-state index in [4.69, 9.17) is 0 Å². The first kappa shape index (κ1) is 17.6. The quantitative estimate of drug-likeness (QED) is 0.858. The van der Waals surface area contributed by atoms with Gasteiger partial charge in [-0.25, -0.2) is 4.79 Å². The number of carbonyl (C=O) groups excluding carboxylic acids is 2. The molecule has 0 atom stereocenters. The van der Waals surface area contributed by atoms with E-state index in [2.05, 4.69) is 22.8 Å². The van der Waals surface area contributed by atoms with Gasteiger partial charge in [-0.15, -0.1) is 0 Å². The summed E-state index contributed by atoms with van der Waals surface area (Å²) in [6, 6.07) is 17.1. The lowest BCUT2D eigenvalue weighted by Gasteiger charge is -2.43. The molecule has 2 aromatic carbocycles. The second-order valence-corrected chi connectivity index (χ2v) is 7.46. The van der Waals surface area contributed by atoms with Crippen LogP contribution in [0.15, 0.2) is 54.6 Å². The van der Waals surface area contributed by atoms with E-state index in [-0.39, 0.29) is 17.5 Å². The summed E-state index contributed by atoms with van der Waals surface area (Å²) in [5.41, 5.74) is 2.12. The van der Waals surface area contributed by atoms with Crippen molar-refractivity contribution in [3.8, 4) is 0 Å². The first-order valence-electron chi connectivity index (χ1n) is 9.70. The molecule has 0 spiro atoms. The number of benzene rings is 2. The highest BCUT2D eigenvalue weighted by atomic mass is 16.2. The number of amides is 3. The summed E-state index contributed by atoms with van der Waals surface area (Å²) in [7, 11) is 0. The number of hydrogen-bond acceptors (Lipinski definition) is 2. The number of urea groups is 1. The third kappa shape index (κ3) is 3.68. The summed E-state index contributed by atoms with van der Waals surface area (Å²) >= 11 is 0. The number of hydrogen-bond donors (Lipinski definition) is 2. The Bertz CT molecular complexity index is 824. The minimum Gasteiger partial charge on any atom is -0.339 e. The average Bonchev–Trinajstić information content (AvgIpc) is 3.20. The van der Waals surface area contributed by atoms with Gasteiger partial charge in [0, 0.05) is 24.3 Å². The van der Waals surface area contributed by atoms with Crippen LogP contribution < -0.4 is 10.6 Å². The molecule has 0 unspecified atom stereocenters. The molecule has 1 heterocycles. The van der Waals surface area contributed by atoms with Gasteiger partial charge in [-0.1, -0.05) is 36.4 Å². The van der Waals surface area contributed by atoms with Crippen molar-refractivity contribution >= 4 is 17.6 Å². The number of anilines is 1. The minimum atomic E-state index is -0.283. The predicted octanol–water partition coefficient (Wildman–Crippen LogP) is 4.12. The normalized spacial score (nSPS) is 17.9. The zero-order valence-corrected chi connectivity index (χ0v) is 15.4. The van der Waals surface area contributed by atoms with Gasteiger partial charge >= 0.3 is 6.03 Å². The van der Waals surface area contributed by atoms with Crippen molar-refractivity contribution in [1.29, 1.82) is 0 Å². The van der Waals surface area contributed by atoms with Gasteiger partial charge in [0.15, 0.2) is 0 Å². The Balaban J connectivity index is 1.44. The number of rotatable bonds is 4. The van der Waals surface area contributed by atoms with Crippen molar-refractivity contribution in [2.75, 3.05) is 18.4 Å². The van der Waals surface area contributed by atoms with Crippen LogP contribution in [0.5, 0.6) is 0 Å². The fourth-order valence-electron chi connectivity index (χ4n) is 3.99. The third-order valence-corrected chi connectivity index (χ3v) is 5.65. The van der Waals surface area contributed by atoms with Crippen molar-refractivity contribution in [3.63, 3.8) is 0 Å². The van der Waals surface area contributed by atoms with Crippen molar-refractivity contribution in [2.24, 2.45) is 0 Å². The number of likely N-dealkylation sites (tertiary alicyclic amines) is 1. The SMILES string of the molecule is O=C(Nc1cccc(C(=O)N2CCCC2)c1)NC1(c2ccccc2)CCC1. The number of nitrogens with zero attached hydrogens (tertiary/aromatic N) is 1. The zero-order valence-electron chi connectivity index (χ0n) is 15.4. The van der Waals surface area contributed by atoms with Gasteiger partial charge in [0.2, 0.25) is 0 Å². The van der Waals surface area contributed by atoms with Crippen LogP contribution in [0.2, 0.25) is 0 Å². The largest absolute Gasteiger partial charge is 0.339 e. The highest BCUT2D eigenvalue weighted by molar-refractivity contribution is 5.97. The fourth-order valence-corrected chi connectivity index (χ4v) is 3.99. The van der Waals surface area contributed by atoms with E-state index in [1.807, 2.05) is 35.2 Å². The molecule has 2 aromatic rings. The van der Waals surface area contributed by atoms with Gasteiger partial charge in [-0.05, 0) is 55.9 Å². The summed E-state index contributed by atoms with van der Waals surface area (Å²) in [5.74, 6) is 0.0382. The molecule has 0 bridgehead atoms. The molecular weight excluding hydrogens is 338 g/mol. The molecule has 2 fully saturated rings. The molecule has 1 saturated heterocycles. The van der Waals surface area contributed by atoms with Crippen LogP contribution in [0.1, 0.15) is 48.0 Å². The van der Waals surface area contributed by atoms with E-state index >= 15 is 0 Å². The van der Waals surface area contributed by atoms with Gasteiger partial charge in [-0.3, -0.25) is 4.79 Å². The Hall–Kier alpha value is -2.82. The second-order valence-electron chi connectivity index (χ2n) is 7.46. The second kappa shape index (κ2) is 7.43. The summed E-state index contributed by atoms with van der Waals surface area (Å²) in [6.45, 7) is 1.63. The highest BCUT2D eigenvalue weighted by Crippen LogP contribution is 2.41. The maximum absolute atomic E-state index is 12.6. The van der Waals surface area contributed by atoms with Crippen LogP contribution in [0.4, 0.5) is 10.5 Å². The summed E-state index contributed by atoms with van der Waals surface area (Å²) in [5, 5.41) is 6.05. The molecule has 1 aliphatic carbocycles. The topological polar surface area (TPSA) is 61.4 Å². The monoisotopic (exact) mass is 363 g/mol. The van der Waals surface area contributed by atoms with E-state index in [9.17, 15) is 9.59 Å². The van der Waals surface area contributed by atoms with Crippen molar-refractivity contribution in [3.05, 3.63) is 65.7 Å². The van der Waals surface area contributed by atoms with Crippen molar-refractivity contribution in [1.82, 2.24) is 10.2 Å². The van der Waals surface area contributed by atoms with Gasteiger partial charge in [0.25, 0.3) is 5.91 Å². The Kier molecular flexibility index (Phi) is 4.84. The molecule has 3 amide bonds. The molecule has 0 aromatic heterocycles. The van der Waals surface area contributed by atoms with Gasteiger partial charge in [0.1, 0.15) is 0 Å². The van der Waals surface area contributed by atoms with Crippen LogP contribution in [0, 0.1) is 0 Å². The number of carbonyl (C=O) groups is 2. The zero-order chi connectivity index (χ0) is 18.7. The smallest absolute Gasteiger partial charge is 0.319 e. The summed E-state index contributed by atoms with van der Waals surface area (Å²) in [4.78, 5) is 27.0. The highest BCUT2D eigenvalue weighted by Gasteiger charge is 2.39. The van der Waals surface area contributed by atoms with Gasteiger partial charge < -0.3 is 15.5 Å². The van der Waals surface area contributed by atoms with Crippen LogP contribution in [0.25, 0.3) is 0 Å². The molecular formula is C22H25N3O2. The van der Waals surface area contributed by atoms with Gasteiger partial charge in [-0.2, -0.15) is 0 Å². The molecule has 2 N–H and O–H groups in total. The molecule has 1 saturated carbocycles. The molecule has 140 valence electrons.